The minimum Gasteiger partial charge on any atom is -0.477 e. The van der Waals surface area contributed by atoms with Crippen LogP contribution in [0.4, 0.5) is 5.69 Å². The van der Waals surface area contributed by atoms with Crippen molar-refractivity contribution in [3.05, 3.63) is 125 Å². The van der Waals surface area contributed by atoms with E-state index in [2.05, 4.69) is 5.32 Å². The quantitative estimate of drug-likeness (QED) is 0.284. The molecule has 4 aromatic rings. The van der Waals surface area contributed by atoms with E-state index in [1.807, 2.05) is 48.5 Å². The lowest BCUT2D eigenvalue weighted by molar-refractivity contribution is -0.128. The molecule has 0 bridgehead atoms. The summed E-state index contributed by atoms with van der Waals surface area (Å²) in [7, 11) is -4.08. The van der Waals surface area contributed by atoms with Crippen molar-refractivity contribution in [2.24, 2.45) is 0 Å². The molecule has 0 spiro atoms. The maximum Gasteiger partial charge on any atom is 0.262 e. The van der Waals surface area contributed by atoms with E-state index >= 15 is 0 Å². The summed E-state index contributed by atoms with van der Waals surface area (Å²) >= 11 is 5.99. The molecule has 1 aliphatic rings. The van der Waals surface area contributed by atoms with Gasteiger partial charge < -0.3 is 15.0 Å². The summed E-state index contributed by atoms with van der Waals surface area (Å²) in [6.07, 6.45) is -0.315. The van der Waals surface area contributed by atoms with Gasteiger partial charge in [0.25, 0.3) is 5.91 Å². The van der Waals surface area contributed by atoms with Crippen molar-refractivity contribution >= 4 is 39.1 Å². The lowest BCUT2D eigenvalue weighted by atomic mass is 10.1. The third kappa shape index (κ3) is 6.99. The molecule has 42 heavy (non-hydrogen) atoms. The smallest absolute Gasteiger partial charge is 0.262 e. The number of fused-ring (bicyclic) bond motifs is 1. The van der Waals surface area contributed by atoms with E-state index in [1.54, 1.807) is 36.4 Å². The molecule has 0 saturated heterocycles. The molecule has 0 radical (unpaired) electrons. The van der Waals surface area contributed by atoms with Crippen LogP contribution in [0.25, 0.3) is 0 Å². The first-order valence-corrected chi connectivity index (χ1v) is 15.3. The van der Waals surface area contributed by atoms with Crippen molar-refractivity contribution in [1.29, 1.82) is 0 Å². The van der Waals surface area contributed by atoms with Crippen LogP contribution >= 0.6 is 11.6 Å². The molecule has 0 aromatic heterocycles. The number of halogens is 1. The summed E-state index contributed by atoms with van der Waals surface area (Å²) in [6.45, 7) is -0.126. The number of carbonyl (C=O) groups excluding carboxylic acids is 2. The first-order valence-electron chi connectivity index (χ1n) is 13.5. The number of nitrogens with zero attached hydrogens (tertiary/aromatic N) is 2. The van der Waals surface area contributed by atoms with Crippen molar-refractivity contribution in [1.82, 2.24) is 9.62 Å². The van der Waals surface area contributed by atoms with Crippen LogP contribution < -0.4 is 15.0 Å². The highest BCUT2D eigenvalue weighted by Crippen LogP contribution is 2.33. The summed E-state index contributed by atoms with van der Waals surface area (Å²) < 4.78 is 34.6. The Kier molecular flexibility index (Phi) is 9.22. The Hall–Kier alpha value is -4.18. The van der Waals surface area contributed by atoms with Crippen LogP contribution in [0.2, 0.25) is 5.02 Å². The number of anilines is 1. The van der Waals surface area contributed by atoms with Crippen LogP contribution in [0.15, 0.2) is 114 Å². The molecule has 0 aliphatic carbocycles. The minimum atomic E-state index is -4.08. The maximum absolute atomic E-state index is 13.9. The highest BCUT2D eigenvalue weighted by atomic mass is 35.5. The largest absolute Gasteiger partial charge is 0.477 e. The molecule has 0 saturated carbocycles. The lowest BCUT2D eigenvalue weighted by Crippen LogP contribution is -2.53. The predicted molar refractivity (Wildman–Crippen MR) is 162 cm³/mol. The number of nitrogens with one attached hydrogen (secondary N) is 1. The predicted octanol–water partition coefficient (Wildman–Crippen LogP) is 4.68. The number of carbonyl (C=O) groups is 2. The first-order chi connectivity index (χ1) is 20.3. The lowest BCUT2D eigenvalue weighted by Gasteiger charge is -2.35. The second-order valence-corrected chi connectivity index (χ2v) is 12.2. The van der Waals surface area contributed by atoms with Gasteiger partial charge >= 0.3 is 0 Å². The second kappa shape index (κ2) is 13.2. The Morgan fingerprint density at radius 3 is 2.17 bits per heavy atom. The fraction of sp³-hybridized carbons (Fsp3) is 0.188. The SMILES string of the molecule is O=C(NCCc1ccccc1)C1CN(C(=O)CN(Cc2ccccc2)S(=O)(=O)c2ccc(Cl)cc2)c2ccccc2O1. The van der Waals surface area contributed by atoms with Crippen LogP contribution in [-0.4, -0.2) is 50.3 Å². The van der Waals surface area contributed by atoms with Gasteiger partial charge in [-0.25, -0.2) is 8.42 Å². The number of rotatable bonds is 10. The van der Waals surface area contributed by atoms with E-state index in [1.165, 1.54) is 29.2 Å². The first kappa shape index (κ1) is 29.3. The molecule has 1 aliphatic heterocycles. The zero-order valence-electron chi connectivity index (χ0n) is 22.7. The van der Waals surface area contributed by atoms with Gasteiger partial charge in [0.15, 0.2) is 6.10 Å². The monoisotopic (exact) mass is 603 g/mol. The number of hydrogen-bond acceptors (Lipinski definition) is 5. The number of para-hydroxylation sites is 2. The molecule has 4 aromatic carbocycles. The van der Waals surface area contributed by atoms with Gasteiger partial charge in [-0.1, -0.05) is 84.4 Å². The Morgan fingerprint density at radius 1 is 0.857 bits per heavy atom. The summed E-state index contributed by atoms with van der Waals surface area (Å²) in [5.74, 6) is -0.468. The average molecular weight is 604 g/mol. The number of hydrogen-bond donors (Lipinski definition) is 1. The van der Waals surface area contributed by atoms with Crippen molar-refractivity contribution in [3.8, 4) is 5.75 Å². The van der Waals surface area contributed by atoms with Crippen LogP contribution in [0.1, 0.15) is 11.1 Å². The van der Waals surface area contributed by atoms with E-state index in [9.17, 15) is 18.0 Å². The summed E-state index contributed by atoms with van der Waals surface area (Å²) in [5, 5.41) is 3.30. The zero-order valence-corrected chi connectivity index (χ0v) is 24.3. The van der Waals surface area contributed by atoms with Crippen molar-refractivity contribution in [2.75, 3.05) is 24.5 Å². The summed E-state index contributed by atoms with van der Waals surface area (Å²) in [4.78, 5) is 28.4. The van der Waals surface area contributed by atoms with Crippen LogP contribution in [0, 0.1) is 0 Å². The fourth-order valence-electron chi connectivity index (χ4n) is 4.70. The van der Waals surface area contributed by atoms with Crippen LogP contribution in [0.5, 0.6) is 5.75 Å². The van der Waals surface area contributed by atoms with Gasteiger partial charge in [0, 0.05) is 18.1 Å². The molecule has 10 heteroatoms. The molecule has 0 fully saturated rings. The van der Waals surface area contributed by atoms with Gasteiger partial charge in [-0.2, -0.15) is 4.31 Å². The second-order valence-electron chi connectivity index (χ2n) is 9.82. The van der Waals surface area contributed by atoms with E-state index in [0.717, 1.165) is 15.4 Å². The molecule has 1 atom stereocenters. The van der Waals surface area contributed by atoms with E-state index < -0.39 is 28.6 Å². The van der Waals surface area contributed by atoms with E-state index in [0.29, 0.717) is 29.4 Å². The molecule has 1 N–H and O–H groups in total. The molecule has 1 heterocycles. The van der Waals surface area contributed by atoms with Gasteiger partial charge in [-0.15, -0.1) is 0 Å². The summed E-state index contributed by atoms with van der Waals surface area (Å²) in [6, 6.07) is 31.6. The van der Waals surface area contributed by atoms with Crippen LogP contribution in [-0.2, 0) is 32.6 Å². The van der Waals surface area contributed by atoms with Gasteiger partial charge in [-0.3, -0.25) is 9.59 Å². The fourth-order valence-corrected chi connectivity index (χ4v) is 6.20. The Morgan fingerprint density at radius 2 is 1.48 bits per heavy atom. The van der Waals surface area contributed by atoms with Gasteiger partial charge in [0.1, 0.15) is 5.75 Å². The molecule has 2 amide bonds. The molecule has 216 valence electrons. The van der Waals surface area contributed by atoms with Gasteiger partial charge in [-0.05, 0) is 53.9 Å². The molecule has 1 unspecified atom stereocenters. The Labute approximate surface area is 250 Å². The number of ether oxygens (including phenoxy) is 1. The van der Waals surface area contributed by atoms with Crippen molar-refractivity contribution in [2.45, 2.75) is 24.0 Å². The standard InChI is InChI=1S/C32H30ClN3O5S/c33-26-15-17-27(18-16-26)42(39,40)35(21-25-11-5-2-6-12-25)23-31(37)36-22-30(41-29-14-8-7-13-28(29)36)32(38)34-20-19-24-9-3-1-4-10-24/h1-18,30H,19-23H2,(H,34,38). The average Bonchev–Trinajstić information content (AvgIpc) is 3.01. The third-order valence-electron chi connectivity index (χ3n) is 6.89. The van der Waals surface area contributed by atoms with Crippen LogP contribution in [0.3, 0.4) is 0 Å². The number of benzene rings is 4. The molecule has 8 nitrogen and oxygen atoms in total. The van der Waals surface area contributed by atoms with Gasteiger partial charge in [0.05, 0.1) is 23.7 Å². The van der Waals surface area contributed by atoms with Crippen molar-refractivity contribution in [3.63, 3.8) is 0 Å². The maximum atomic E-state index is 13.9. The number of amides is 2. The normalized spacial score (nSPS) is 14.6. The van der Waals surface area contributed by atoms with Crippen molar-refractivity contribution < 1.29 is 22.7 Å². The molecular weight excluding hydrogens is 574 g/mol. The Balaban J connectivity index is 1.36. The third-order valence-corrected chi connectivity index (χ3v) is 8.95. The topological polar surface area (TPSA) is 96.0 Å². The highest BCUT2D eigenvalue weighted by molar-refractivity contribution is 7.89. The van der Waals surface area contributed by atoms with Gasteiger partial charge in [0.2, 0.25) is 15.9 Å². The molecule has 5 rings (SSSR count). The Bertz CT molecular complexity index is 1630. The number of sulfonamides is 1. The zero-order chi connectivity index (χ0) is 29.5. The van der Waals surface area contributed by atoms with E-state index in [-0.39, 0.29) is 23.9 Å². The van der Waals surface area contributed by atoms with E-state index in [4.69, 9.17) is 16.3 Å². The summed E-state index contributed by atoms with van der Waals surface area (Å²) in [5.41, 5.74) is 2.28. The highest BCUT2D eigenvalue weighted by Gasteiger charge is 2.36. The minimum absolute atomic E-state index is 0.0209. The molecular formula is C32H30ClN3O5S.